The number of rotatable bonds is 4. The fourth-order valence-corrected chi connectivity index (χ4v) is 5.43. The second-order valence-electron chi connectivity index (χ2n) is 8.63. The van der Waals surface area contributed by atoms with Crippen LogP contribution in [0.3, 0.4) is 0 Å². The minimum atomic E-state index is -0.891. The fraction of sp³-hybridized carbons (Fsp3) is 0.185. The third-order valence-electron chi connectivity index (χ3n) is 6.95. The van der Waals surface area contributed by atoms with Gasteiger partial charge in [-0.15, -0.1) is 0 Å². The number of fused-ring (bicyclic) bond motifs is 5. The summed E-state index contributed by atoms with van der Waals surface area (Å²) < 4.78 is 5.21. The number of hydrazone groups is 1. The van der Waals surface area contributed by atoms with E-state index in [-0.39, 0.29) is 17.6 Å². The number of carbonyl (C=O) groups excluding carboxylic acids is 3. The molecule has 0 radical (unpaired) electrons. The van der Waals surface area contributed by atoms with E-state index in [1.54, 1.807) is 66.9 Å². The van der Waals surface area contributed by atoms with Gasteiger partial charge in [-0.3, -0.25) is 19.4 Å². The monoisotopic (exact) mass is 451 g/mol. The molecule has 0 aliphatic carbocycles. The van der Waals surface area contributed by atoms with Crippen LogP contribution in [-0.4, -0.2) is 42.0 Å². The van der Waals surface area contributed by atoms with Gasteiger partial charge in [-0.1, -0.05) is 42.5 Å². The van der Waals surface area contributed by atoms with Gasteiger partial charge in [0.1, 0.15) is 11.8 Å². The van der Waals surface area contributed by atoms with Crippen LogP contribution in [0.4, 0.5) is 5.69 Å². The maximum Gasteiger partial charge on any atom is 0.240 e. The first-order valence-electron chi connectivity index (χ1n) is 11.1. The van der Waals surface area contributed by atoms with Gasteiger partial charge < -0.3 is 4.74 Å². The van der Waals surface area contributed by atoms with Gasteiger partial charge in [-0.25, -0.2) is 4.90 Å². The number of methoxy groups -OCH3 is 1. The Balaban J connectivity index is 1.48. The molecule has 3 aromatic carbocycles. The molecule has 4 unspecified atom stereocenters. The SMILES string of the molecule is COc1ccc(C(=O)C2C3C(=O)N(c4ccccc4)C(=O)C3C3c4ccccc4C=NN23)cc1. The van der Waals surface area contributed by atoms with Crippen molar-refractivity contribution < 1.29 is 19.1 Å². The topological polar surface area (TPSA) is 79.3 Å². The molecule has 0 saturated carbocycles. The zero-order chi connectivity index (χ0) is 23.4. The number of ketones is 1. The van der Waals surface area contributed by atoms with E-state index in [1.165, 1.54) is 4.90 Å². The molecular weight excluding hydrogens is 430 g/mol. The number of para-hydroxylation sites is 1. The quantitative estimate of drug-likeness (QED) is 0.448. The lowest BCUT2D eigenvalue weighted by Crippen LogP contribution is -2.44. The number of hydrogen-bond acceptors (Lipinski definition) is 6. The van der Waals surface area contributed by atoms with Crippen LogP contribution in [0.1, 0.15) is 27.5 Å². The molecule has 3 aromatic rings. The first kappa shape index (κ1) is 20.4. The summed E-state index contributed by atoms with van der Waals surface area (Å²) in [5.74, 6) is -1.82. The van der Waals surface area contributed by atoms with Gasteiger partial charge in [-0.2, -0.15) is 5.10 Å². The van der Waals surface area contributed by atoms with Gasteiger partial charge in [0.25, 0.3) is 0 Å². The van der Waals surface area contributed by atoms with Gasteiger partial charge >= 0.3 is 0 Å². The minimum absolute atomic E-state index is 0.243. The van der Waals surface area contributed by atoms with Crippen molar-refractivity contribution in [2.45, 2.75) is 12.1 Å². The van der Waals surface area contributed by atoms with Crippen molar-refractivity contribution in [3.05, 3.63) is 95.6 Å². The molecule has 7 heteroatoms. The number of amides is 2. The van der Waals surface area contributed by atoms with Crippen molar-refractivity contribution in [1.29, 1.82) is 0 Å². The highest BCUT2D eigenvalue weighted by atomic mass is 16.5. The Morgan fingerprint density at radius 2 is 1.53 bits per heavy atom. The molecule has 7 nitrogen and oxygen atoms in total. The average Bonchev–Trinajstić information content (AvgIpc) is 3.36. The Hall–Kier alpha value is -4.26. The van der Waals surface area contributed by atoms with Crippen molar-refractivity contribution in [3.8, 4) is 5.75 Å². The van der Waals surface area contributed by atoms with E-state index in [0.717, 1.165) is 11.1 Å². The largest absolute Gasteiger partial charge is 0.497 e. The standard InChI is InChI=1S/C27H21N3O4/c1-34-19-13-11-16(12-14-19)25(31)24-22-21(23-20-10-6-5-7-17(20)15-28-30(23)24)26(32)29(27(22)33)18-8-3-2-4-9-18/h2-15,21-24H,1H3. The lowest BCUT2D eigenvalue weighted by atomic mass is 9.83. The van der Waals surface area contributed by atoms with E-state index in [4.69, 9.17) is 4.74 Å². The maximum atomic E-state index is 13.8. The molecule has 168 valence electrons. The van der Waals surface area contributed by atoms with Crippen LogP contribution >= 0.6 is 0 Å². The zero-order valence-corrected chi connectivity index (χ0v) is 18.4. The van der Waals surface area contributed by atoms with Gasteiger partial charge in [-0.05, 0) is 47.5 Å². The molecule has 0 bridgehead atoms. The summed E-state index contributed by atoms with van der Waals surface area (Å²) in [4.78, 5) is 42.6. The number of benzene rings is 3. The molecule has 3 aliphatic rings. The summed E-state index contributed by atoms with van der Waals surface area (Å²) in [6.45, 7) is 0. The number of imide groups is 1. The Kier molecular flexibility index (Phi) is 4.58. The fourth-order valence-electron chi connectivity index (χ4n) is 5.43. The summed E-state index contributed by atoms with van der Waals surface area (Å²) >= 11 is 0. The lowest BCUT2D eigenvalue weighted by molar-refractivity contribution is -0.124. The predicted octanol–water partition coefficient (Wildman–Crippen LogP) is 3.46. The average molecular weight is 451 g/mol. The van der Waals surface area contributed by atoms with Gasteiger partial charge in [0.05, 0.1) is 36.9 Å². The first-order chi connectivity index (χ1) is 16.6. The Morgan fingerprint density at radius 3 is 2.26 bits per heavy atom. The van der Waals surface area contributed by atoms with E-state index in [9.17, 15) is 14.4 Å². The molecule has 0 N–H and O–H groups in total. The molecule has 0 spiro atoms. The van der Waals surface area contributed by atoms with E-state index >= 15 is 0 Å². The number of carbonyl (C=O) groups is 3. The van der Waals surface area contributed by atoms with Crippen LogP contribution in [0.15, 0.2) is 84.0 Å². The first-order valence-corrected chi connectivity index (χ1v) is 11.1. The maximum absolute atomic E-state index is 13.8. The van der Waals surface area contributed by atoms with Crippen molar-refractivity contribution in [2.75, 3.05) is 12.0 Å². The number of anilines is 1. The van der Waals surface area contributed by atoms with Crippen molar-refractivity contribution >= 4 is 29.5 Å². The summed E-state index contributed by atoms with van der Waals surface area (Å²) in [5.41, 5.74) is 2.74. The van der Waals surface area contributed by atoms with Crippen molar-refractivity contribution in [1.82, 2.24) is 5.01 Å². The molecule has 2 amide bonds. The highest BCUT2D eigenvalue weighted by molar-refractivity contribution is 6.24. The number of ether oxygens (including phenoxy) is 1. The van der Waals surface area contributed by atoms with Crippen LogP contribution in [0, 0.1) is 11.8 Å². The van der Waals surface area contributed by atoms with Crippen molar-refractivity contribution in [3.63, 3.8) is 0 Å². The summed E-state index contributed by atoms with van der Waals surface area (Å²) in [6, 6.07) is 22.0. The Labute approximate surface area is 196 Å². The van der Waals surface area contributed by atoms with Gasteiger partial charge in [0.2, 0.25) is 11.8 Å². The van der Waals surface area contributed by atoms with Crippen LogP contribution in [0.2, 0.25) is 0 Å². The third kappa shape index (κ3) is 2.83. The van der Waals surface area contributed by atoms with Crippen molar-refractivity contribution in [2.24, 2.45) is 16.9 Å². The van der Waals surface area contributed by atoms with E-state index in [0.29, 0.717) is 17.0 Å². The summed E-state index contributed by atoms with van der Waals surface area (Å²) in [6.07, 6.45) is 1.70. The highest BCUT2D eigenvalue weighted by Crippen LogP contribution is 2.53. The second kappa shape index (κ2) is 7.66. The smallest absolute Gasteiger partial charge is 0.240 e. The minimum Gasteiger partial charge on any atom is -0.497 e. The number of hydrogen-bond donors (Lipinski definition) is 0. The molecule has 2 saturated heterocycles. The summed E-state index contributed by atoms with van der Waals surface area (Å²) in [5, 5.41) is 6.25. The molecule has 2 fully saturated rings. The van der Waals surface area contributed by atoms with Gasteiger partial charge in [0.15, 0.2) is 5.78 Å². The predicted molar refractivity (Wildman–Crippen MR) is 126 cm³/mol. The van der Waals surface area contributed by atoms with E-state index in [2.05, 4.69) is 5.10 Å². The summed E-state index contributed by atoms with van der Waals surface area (Å²) in [7, 11) is 1.56. The van der Waals surface area contributed by atoms with Crippen LogP contribution < -0.4 is 9.64 Å². The molecular formula is C27H21N3O4. The van der Waals surface area contributed by atoms with Gasteiger partial charge in [0, 0.05) is 5.56 Å². The molecule has 4 atom stereocenters. The Bertz CT molecular complexity index is 1340. The third-order valence-corrected chi connectivity index (χ3v) is 6.95. The molecule has 34 heavy (non-hydrogen) atoms. The van der Waals surface area contributed by atoms with E-state index in [1.807, 2.05) is 30.3 Å². The second-order valence-corrected chi connectivity index (χ2v) is 8.63. The van der Waals surface area contributed by atoms with E-state index < -0.39 is 23.9 Å². The lowest BCUT2D eigenvalue weighted by Gasteiger charge is -2.33. The zero-order valence-electron chi connectivity index (χ0n) is 18.4. The normalized spacial score (nSPS) is 24.6. The van der Waals surface area contributed by atoms with Crippen LogP contribution in [0.25, 0.3) is 0 Å². The highest BCUT2D eigenvalue weighted by Gasteiger charge is 2.65. The Morgan fingerprint density at radius 1 is 0.853 bits per heavy atom. The molecule has 0 aromatic heterocycles. The van der Waals surface area contributed by atoms with Crippen LogP contribution in [0.5, 0.6) is 5.75 Å². The number of Topliss-reactive ketones (excluding diaryl/α,β-unsaturated/α-hetero) is 1. The van der Waals surface area contributed by atoms with Crippen LogP contribution in [-0.2, 0) is 9.59 Å². The number of nitrogens with zero attached hydrogens (tertiary/aromatic N) is 3. The molecule has 6 rings (SSSR count). The molecule has 3 heterocycles. The molecule has 3 aliphatic heterocycles.